The SMILES string of the molecule is CC(N)Cc1noc(Cc2ccc(Cl)c(Cl)c2)n1. The van der Waals surface area contributed by atoms with E-state index in [4.69, 9.17) is 33.5 Å². The Bertz CT molecular complexity index is 540. The Labute approximate surface area is 115 Å². The smallest absolute Gasteiger partial charge is 0.231 e. The molecule has 1 aromatic heterocycles. The molecule has 18 heavy (non-hydrogen) atoms. The largest absolute Gasteiger partial charge is 0.339 e. The van der Waals surface area contributed by atoms with Crippen LogP contribution < -0.4 is 5.73 Å². The molecule has 0 radical (unpaired) electrons. The van der Waals surface area contributed by atoms with Crippen molar-refractivity contribution in [1.82, 2.24) is 10.1 Å². The third-order valence-electron chi connectivity index (χ3n) is 2.35. The van der Waals surface area contributed by atoms with Crippen LogP contribution >= 0.6 is 23.2 Å². The van der Waals surface area contributed by atoms with E-state index in [0.29, 0.717) is 34.6 Å². The zero-order chi connectivity index (χ0) is 13.1. The van der Waals surface area contributed by atoms with Crippen LogP contribution in [0.25, 0.3) is 0 Å². The molecule has 0 aliphatic heterocycles. The van der Waals surface area contributed by atoms with Crippen molar-refractivity contribution in [3.05, 3.63) is 45.5 Å². The zero-order valence-electron chi connectivity index (χ0n) is 9.86. The van der Waals surface area contributed by atoms with Gasteiger partial charge in [0.2, 0.25) is 5.89 Å². The predicted octanol–water partition coefficient (Wildman–Crippen LogP) is 2.86. The molecule has 0 bridgehead atoms. The normalized spacial score (nSPS) is 12.7. The van der Waals surface area contributed by atoms with Crippen LogP contribution in [-0.4, -0.2) is 16.2 Å². The average molecular weight is 286 g/mol. The maximum absolute atomic E-state index is 5.94. The molecular formula is C12H13Cl2N3O. The fraction of sp³-hybridized carbons (Fsp3) is 0.333. The monoisotopic (exact) mass is 285 g/mol. The van der Waals surface area contributed by atoms with Crippen LogP contribution in [0.5, 0.6) is 0 Å². The van der Waals surface area contributed by atoms with Gasteiger partial charge in [0.05, 0.1) is 16.5 Å². The molecule has 0 aliphatic carbocycles. The van der Waals surface area contributed by atoms with E-state index in [9.17, 15) is 0 Å². The standard InChI is InChI=1S/C12H13Cl2N3O/c1-7(15)4-11-16-12(18-17-11)6-8-2-3-9(13)10(14)5-8/h2-3,5,7H,4,6,15H2,1H3. The molecule has 0 spiro atoms. The lowest BCUT2D eigenvalue weighted by Crippen LogP contribution is -2.18. The van der Waals surface area contributed by atoms with Gasteiger partial charge in [-0.25, -0.2) is 0 Å². The van der Waals surface area contributed by atoms with Crippen molar-refractivity contribution >= 4 is 23.2 Å². The number of aromatic nitrogens is 2. The molecule has 6 heteroatoms. The molecule has 2 rings (SSSR count). The molecule has 1 unspecified atom stereocenters. The number of hydrogen-bond acceptors (Lipinski definition) is 4. The van der Waals surface area contributed by atoms with Crippen molar-refractivity contribution in [2.24, 2.45) is 5.73 Å². The Balaban J connectivity index is 2.08. The summed E-state index contributed by atoms with van der Waals surface area (Å²) >= 11 is 11.8. The number of hydrogen-bond donors (Lipinski definition) is 1. The third-order valence-corrected chi connectivity index (χ3v) is 3.09. The Hall–Kier alpha value is -1.10. The summed E-state index contributed by atoms with van der Waals surface area (Å²) in [5.41, 5.74) is 6.64. The fourth-order valence-corrected chi connectivity index (χ4v) is 1.88. The number of nitrogens with two attached hydrogens (primary N) is 1. The summed E-state index contributed by atoms with van der Waals surface area (Å²) in [5.74, 6) is 1.17. The van der Waals surface area contributed by atoms with Gasteiger partial charge in [-0.2, -0.15) is 4.98 Å². The van der Waals surface area contributed by atoms with E-state index >= 15 is 0 Å². The van der Waals surface area contributed by atoms with Gasteiger partial charge in [-0.1, -0.05) is 34.4 Å². The second-order valence-corrected chi connectivity index (χ2v) is 5.03. The highest BCUT2D eigenvalue weighted by Gasteiger charge is 2.09. The third kappa shape index (κ3) is 3.45. The number of rotatable bonds is 4. The summed E-state index contributed by atoms with van der Waals surface area (Å²) in [6, 6.07) is 5.43. The molecule has 1 atom stereocenters. The first-order valence-corrected chi connectivity index (χ1v) is 6.31. The molecular weight excluding hydrogens is 273 g/mol. The van der Waals surface area contributed by atoms with Crippen LogP contribution in [0.3, 0.4) is 0 Å². The van der Waals surface area contributed by atoms with Gasteiger partial charge in [-0.15, -0.1) is 0 Å². The lowest BCUT2D eigenvalue weighted by Gasteiger charge is -1.99. The number of benzene rings is 1. The predicted molar refractivity (Wildman–Crippen MR) is 70.9 cm³/mol. The van der Waals surface area contributed by atoms with Gasteiger partial charge in [0.1, 0.15) is 0 Å². The van der Waals surface area contributed by atoms with E-state index < -0.39 is 0 Å². The van der Waals surface area contributed by atoms with Gasteiger partial charge < -0.3 is 10.3 Å². The summed E-state index contributed by atoms with van der Waals surface area (Å²) in [6.45, 7) is 1.90. The minimum atomic E-state index is 0.0143. The molecule has 0 aliphatic rings. The zero-order valence-corrected chi connectivity index (χ0v) is 11.4. The highest BCUT2D eigenvalue weighted by Crippen LogP contribution is 2.23. The van der Waals surface area contributed by atoms with E-state index in [1.165, 1.54) is 0 Å². The molecule has 4 nitrogen and oxygen atoms in total. The number of nitrogens with zero attached hydrogens (tertiary/aromatic N) is 2. The minimum Gasteiger partial charge on any atom is -0.339 e. The molecule has 0 saturated carbocycles. The van der Waals surface area contributed by atoms with E-state index in [1.807, 2.05) is 13.0 Å². The summed E-state index contributed by atoms with van der Waals surface area (Å²) in [7, 11) is 0. The van der Waals surface area contributed by atoms with Crippen molar-refractivity contribution in [2.75, 3.05) is 0 Å². The lowest BCUT2D eigenvalue weighted by atomic mass is 10.1. The van der Waals surface area contributed by atoms with Gasteiger partial charge in [0.15, 0.2) is 5.82 Å². The molecule has 96 valence electrons. The first kappa shape index (κ1) is 13.3. The van der Waals surface area contributed by atoms with Crippen LogP contribution in [0.4, 0.5) is 0 Å². The highest BCUT2D eigenvalue weighted by molar-refractivity contribution is 6.42. The van der Waals surface area contributed by atoms with Crippen LogP contribution in [-0.2, 0) is 12.8 Å². The quantitative estimate of drug-likeness (QED) is 0.938. The van der Waals surface area contributed by atoms with Crippen LogP contribution in [0.1, 0.15) is 24.2 Å². The van der Waals surface area contributed by atoms with Crippen LogP contribution in [0.15, 0.2) is 22.7 Å². The summed E-state index contributed by atoms with van der Waals surface area (Å²) < 4.78 is 5.15. The topological polar surface area (TPSA) is 64.9 Å². The first-order valence-electron chi connectivity index (χ1n) is 5.55. The van der Waals surface area contributed by atoms with Gasteiger partial charge in [-0.05, 0) is 24.6 Å². The maximum atomic E-state index is 5.94. The second-order valence-electron chi connectivity index (χ2n) is 4.21. The Morgan fingerprint density at radius 1 is 1.33 bits per heavy atom. The molecule has 0 saturated heterocycles. The molecule has 2 aromatic rings. The maximum Gasteiger partial charge on any atom is 0.231 e. The van der Waals surface area contributed by atoms with E-state index in [2.05, 4.69) is 10.1 Å². The van der Waals surface area contributed by atoms with Gasteiger partial charge in [-0.3, -0.25) is 0 Å². The molecule has 1 heterocycles. The minimum absolute atomic E-state index is 0.0143. The Kier molecular flexibility index (Phi) is 4.22. The molecule has 1 aromatic carbocycles. The van der Waals surface area contributed by atoms with Gasteiger partial charge in [0, 0.05) is 12.5 Å². The highest BCUT2D eigenvalue weighted by atomic mass is 35.5. The average Bonchev–Trinajstić information content (AvgIpc) is 2.70. The van der Waals surface area contributed by atoms with Crippen LogP contribution in [0.2, 0.25) is 10.0 Å². The van der Waals surface area contributed by atoms with Crippen molar-refractivity contribution in [3.63, 3.8) is 0 Å². The number of halogens is 2. The summed E-state index contributed by atoms with van der Waals surface area (Å²) in [4.78, 5) is 4.26. The molecule has 0 amide bonds. The first-order chi connectivity index (χ1) is 8.54. The fourth-order valence-electron chi connectivity index (χ4n) is 1.56. The van der Waals surface area contributed by atoms with Crippen molar-refractivity contribution < 1.29 is 4.52 Å². The van der Waals surface area contributed by atoms with E-state index in [1.54, 1.807) is 12.1 Å². The van der Waals surface area contributed by atoms with Crippen molar-refractivity contribution in [1.29, 1.82) is 0 Å². The van der Waals surface area contributed by atoms with E-state index in [-0.39, 0.29) is 6.04 Å². The lowest BCUT2D eigenvalue weighted by molar-refractivity contribution is 0.378. The molecule has 0 fully saturated rings. The van der Waals surface area contributed by atoms with Crippen molar-refractivity contribution in [2.45, 2.75) is 25.8 Å². The van der Waals surface area contributed by atoms with Gasteiger partial charge in [0.25, 0.3) is 0 Å². The van der Waals surface area contributed by atoms with E-state index in [0.717, 1.165) is 5.56 Å². The summed E-state index contributed by atoms with van der Waals surface area (Å²) in [6.07, 6.45) is 1.13. The van der Waals surface area contributed by atoms with Gasteiger partial charge >= 0.3 is 0 Å². The Morgan fingerprint density at radius 3 is 2.78 bits per heavy atom. The molecule has 2 N–H and O–H groups in total. The second kappa shape index (κ2) is 5.69. The summed E-state index contributed by atoms with van der Waals surface area (Å²) in [5, 5.41) is 4.92. The van der Waals surface area contributed by atoms with Crippen LogP contribution in [0, 0.1) is 0 Å². The van der Waals surface area contributed by atoms with Crippen molar-refractivity contribution in [3.8, 4) is 0 Å². The Morgan fingerprint density at radius 2 is 2.11 bits per heavy atom.